The molecule has 10 heteroatoms. The van der Waals surface area contributed by atoms with Crippen LogP contribution in [0.2, 0.25) is 0 Å². The monoisotopic (exact) mass is 479 g/mol. The van der Waals surface area contributed by atoms with E-state index >= 15 is 0 Å². The van der Waals surface area contributed by atoms with Crippen molar-refractivity contribution in [1.29, 1.82) is 0 Å². The van der Waals surface area contributed by atoms with Crippen molar-refractivity contribution in [2.75, 3.05) is 7.11 Å². The Hall–Kier alpha value is -2.72. The molecule has 0 aliphatic heterocycles. The first kappa shape index (κ1) is 26.5. The number of unbranched alkanes of at least 4 members (excludes halogenated alkanes) is 2. The molecule has 0 atom stereocenters. The standard InChI is InChI=1S/C14H18N2O4S.C9H15NO2/c1-4-5-6-11-10(9(2)20-15-11)8-19-13-7-12(21-16-13)14(17)18-3;1-3-4-5-9-8(6-11)7(2)12-10-9/h7H,4-6,8H2,1-3H3;11H,3-6H2,1-2H3. The van der Waals surface area contributed by atoms with E-state index in [0.29, 0.717) is 17.4 Å². The predicted molar refractivity (Wildman–Crippen MR) is 123 cm³/mol. The lowest BCUT2D eigenvalue weighted by atomic mass is 10.1. The minimum atomic E-state index is -0.410. The van der Waals surface area contributed by atoms with Gasteiger partial charge in [0.05, 0.1) is 30.7 Å². The summed E-state index contributed by atoms with van der Waals surface area (Å²) in [6.45, 7) is 8.32. The van der Waals surface area contributed by atoms with Crippen molar-refractivity contribution in [3.8, 4) is 5.88 Å². The van der Waals surface area contributed by atoms with E-state index in [1.807, 2.05) is 13.8 Å². The topological polar surface area (TPSA) is 121 Å². The second-order valence-electron chi connectivity index (χ2n) is 7.50. The summed E-state index contributed by atoms with van der Waals surface area (Å²) >= 11 is 1.05. The molecule has 33 heavy (non-hydrogen) atoms. The van der Waals surface area contributed by atoms with Crippen molar-refractivity contribution in [3.63, 3.8) is 0 Å². The Morgan fingerprint density at radius 1 is 1.03 bits per heavy atom. The van der Waals surface area contributed by atoms with Crippen LogP contribution in [0.4, 0.5) is 0 Å². The molecular formula is C23H33N3O6S. The van der Waals surface area contributed by atoms with Crippen molar-refractivity contribution in [1.82, 2.24) is 14.7 Å². The van der Waals surface area contributed by atoms with Gasteiger partial charge in [0.2, 0.25) is 5.88 Å². The quantitative estimate of drug-likeness (QED) is 0.380. The number of ether oxygens (including phenoxy) is 2. The Kier molecular flexibility index (Phi) is 11.0. The third kappa shape index (κ3) is 7.68. The maximum Gasteiger partial charge on any atom is 0.349 e. The maximum atomic E-state index is 11.4. The molecule has 0 radical (unpaired) electrons. The molecule has 3 rings (SSSR count). The molecule has 0 saturated carbocycles. The molecule has 9 nitrogen and oxygen atoms in total. The molecule has 0 spiro atoms. The Balaban J connectivity index is 0.000000273. The van der Waals surface area contributed by atoms with E-state index in [9.17, 15) is 4.79 Å². The number of hydrogen-bond acceptors (Lipinski definition) is 10. The zero-order valence-electron chi connectivity index (χ0n) is 20.0. The van der Waals surface area contributed by atoms with Gasteiger partial charge < -0.3 is 23.6 Å². The number of esters is 1. The molecule has 182 valence electrons. The maximum absolute atomic E-state index is 11.4. The normalized spacial score (nSPS) is 10.6. The van der Waals surface area contributed by atoms with Gasteiger partial charge in [0, 0.05) is 11.6 Å². The lowest BCUT2D eigenvalue weighted by Gasteiger charge is -2.03. The molecule has 3 heterocycles. The lowest BCUT2D eigenvalue weighted by Crippen LogP contribution is -2.01. The van der Waals surface area contributed by atoms with Gasteiger partial charge in [0.25, 0.3) is 0 Å². The zero-order chi connectivity index (χ0) is 24.2. The van der Waals surface area contributed by atoms with Crippen molar-refractivity contribution in [2.45, 2.75) is 79.4 Å². The largest absolute Gasteiger partial charge is 0.472 e. The molecule has 0 aliphatic carbocycles. The molecule has 0 bridgehead atoms. The van der Waals surface area contributed by atoms with Crippen LogP contribution in [0.25, 0.3) is 0 Å². The highest BCUT2D eigenvalue weighted by atomic mass is 32.1. The first-order chi connectivity index (χ1) is 15.9. The highest BCUT2D eigenvalue weighted by Gasteiger charge is 2.15. The van der Waals surface area contributed by atoms with E-state index in [2.05, 4.69) is 33.3 Å². The number of rotatable bonds is 11. The Bertz CT molecular complexity index is 994. The van der Waals surface area contributed by atoms with Crippen LogP contribution in [0.1, 0.15) is 83.2 Å². The summed E-state index contributed by atoms with van der Waals surface area (Å²) in [5, 5.41) is 16.9. The molecule has 0 saturated heterocycles. The number of aryl methyl sites for hydroxylation is 4. The van der Waals surface area contributed by atoms with Crippen LogP contribution in [0.3, 0.4) is 0 Å². The summed E-state index contributed by atoms with van der Waals surface area (Å²) in [5.74, 6) is 1.49. The fourth-order valence-corrected chi connectivity index (χ4v) is 3.62. The van der Waals surface area contributed by atoms with Crippen LogP contribution >= 0.6 is 11.5 Å². The molecule has 0 aromatic carbocycles. The summed E-state index contributed by atoms with van der Waals surface area (Å²) in [5.41, 5.74) is 3.66. The van der Waals surface area contributed by atoms with Gasteiger partial charge in [-0.05, 0) is 51.1 Å². The van der Waals surface area contributed by atoms with Crippen LogP contribution in [0, 0.1) is 13.8 Å². The molecule has 0 amide bonds. The van der Waals surface area contributed by atoms with Gasteiger partial charge in [-0.3, -0.25) is 0 Å². The van der Waals surface area contributed by atoms with Crippen molar-refractivity contribution in [3.05, 3.63) is 45.0 Å². The number of carbonyl (C=O) groups is 1. The third-order valence-corrected chi connectivity index (χ3v) is 5.82. The molecule has 0 aliphatic rings. The molecule has 0 unspecified atom stereocenters. The number of aliphatic hydroxyl groups excluding tert-OH is 1. The Morgan fingerprint density at radius 3 is 2.15 bits per heavy atom. The summed E-state index contributed by atoms with van der Waals surface area (Å²) in [4.78, 5) is 11.8. The van der Waals surface area contributed by atoms with Crippen LogP contribution < -0.4 is 4.74 Å². The zero-order valence-corrected chi connectivity index (χ0v) is 20.8. The first-order valence-electron chi connectivity index (χ1n) is 11.1. The summed E-state index contributed by atoms with van der Waals surface area (Å²) < 4.78 is 24.5. The van der Waals surface area contributed by atoms with Crippen molar-refractivity contribution < 1.29 is 28.4 Å². The minimum absolute atomic E-state index is 0.0361. The van der Waals surface area contributed by atoms with E-state index in [0.717, 1.165) is 84.1 Å². The SMILES string of the molecule is CCCCc1noc(C)c1CO.CCCCc1noc(C)c1COc1cc(C(=O)OC)sn1. The fraction of sp³-hybridized carbons (Fsp3) is 0.565. The van der Waals surface area contributed by atoms with Gasteiger partial charge in [0.1, 0.15) is 23.0 Å². The summed E-state index contributed by atoms with van der Waals surface area (Å²) in [6.07, 6.45) is 6.17. The smallest absolute Gasteiger partial charge is 0.349 e. The van der Waals surface area contributed by atoms with Crippen LogP contribution in [0.5, 0.6) is 5.88 Å². The van der Waals surface area contributed by atoms with E-state index in [1.54, 1.807) is 6.07 Å². The minimum Gasteiger partial charge on any atom is -0.472 e. The van der Waals surface area contributed by atoms with Gasteiger partial charge >= 0.3 is 5.97 Å². The van der Waals surface area contributed by atoms with E-state index in [4.69, 9.17) is 18.9 Å². The molecule has 3 aromatic heterocycles. The molecule has 0 fully saturated rings. The summed E-state index contributed by atoms with van der Waals surface area (Å²) in [7, 11) is 1.34. The second kappa shape index (κ2) is 13.7. The summed E-state index contributed by atoms with van der Waals surface area (Å²) in [6, 6.07) is 1.57. The van der Waals surface area contributed by atoms with Crippen molar-refractivity contribution >= 4 is 17.5 Å². The number of methoxy groups -OCH3 is 1. The number of carbonyl (C=O) groups excluding carboxylic acids is 1. The molecule has 1 N–H and O–H groups in total. The van der Waals surface area contributed by atoms with Crippen molar-refractivity contribution in [2.24, 2.45) is 0 Å². The highest BCUT2D eigenvalue weighted by Crippen LogP contribution is 2.21. The third-order valence-electron chi connectivity index (χ3n) is 5.06. The molecular weight excluding hydrogens is 446 g/mol. The van der Waals surface area contributed by atoms with E-state index in [-0.39, 0.29) is 6.61 Å². The number of aromatic nitrogens is 3. The van der Waals surface area contributed by atoms with Gasteiger partial charge in [-0.2, -0.15) is 4.37 Å². The second-order valence-corrected chi connectivity index (χ2v) is 8.31. The van der Waals surface area contributed by atoms with Gasteiger partial charge in [-0.15, -0.1) is 0 Å². The first-order valence-corrected chi connectivity index (χ1v) is 11.9. The predicted octanol–water partition coefficient (Wildman–Crippen LogP) is 4.97. The lowest BCUT2D eigenvalue weighted by molar-refractivity contribution is 0.0606. The van der Waals surface area contributed by atoms with Crippen LogP contribution in [-0.2, 0) is 30.8 Å². The van der Waals surface area contributed by atoms with Gasteiger partial charge in [0.15, 0.2) is 0 Å². The molecule has 3 aromatic rings. The highest BCUT2D eigenvalue weighted by molar-refractivity contribution is 7.08. The van der Waals surface area contributed by atoms with Gasteiger partial charge in [-0.25, -0.2) is 4.79 Å². The number of hydrogen-bond donors (Lipinski definition) is 1. The average molecular weight is 480 g/mol. The van der Waals surface area contributed by atoms with Crippen LogP contribution in [0.15, 0.2) is 15.1 Å². The fourth-order valence-electron chi connectivity index (χ4n) is 3.01. The number of nitrogens with zero attached hydrogens (tertiary/aromatic N) is 3. The number of aliphatic hydroxyl groups is 1. The van der Waals surface area contributed by atoms with E-state index in [1.165, 1.54) is 7.11 Å². The van der Waals surface area contributed by atoms with Gasteiger partial charge in [-0.1, -0.05) is 37.0 Å². The average Bonchev–Trinajstić information content (AvgIpc) is 3.53. The Labute approximate surface area is 198 Å². The van der Waals surface area contributed by atoms with Crippen LogP contribution in [-0.4, -0.2) is 32.9 Å². The Morgan fingerprint density at radius 2 is 1.61 bits per heavy atom. The van der Waals surface area contributed by atoms with E-state index < -0.39 is 5.97 Å².